The van der Waals surface area contributed by atoms with Crippen LogP contribution in [0.15, 0.2) is 29.3 Å². The zero-order valence-corrected chi connectivity index (χ0v) is 6.75. The molecular formula is C10H6FNO. The zero-order chi connectivity index (χ0) is 9.26. The highest BCUT2D eigenvalue weighted by Crippen LogP contribution is 2.31. The van der Waals surface area contributed by atoms with E-state index in [1.54, 1.807) is 30.2 Å². The van der Waals surface area contributed by atoms with Gasteiger partial charge in [-0.3, -0.25) is 0 Å². The number of para-hydroxylation sites is 1. The number of rotatable bonds is 0. The lowest BCUT2D eigenvalue weighted by Gasteiger charge is -2.10. The van der Waals surface area contributed by atoms with Crippen LogP contribution in [0.5, 0.6) is 0 Å². The first-order valence-electron chi connectivity index (χ1n) is 3.87. The predicted molar refractivity (Wildman–Crippen MR) is 48.4 cm³/mol. The fraction of sp³-hybridized carbons (Fsp3) is 0.100. The molecule has 0 N–H and O–H groups in total. The van der Waals surface area contributed by atoms with E-state index in [1.165, 1.54) is 0 Å². The van der Waals surface area contributed by atoms with Crippen molar-refractivity contribution in [2.45, 2.75) is 6.42 Å². The first kappa shape index (κ1) is 7.90. The summed E-state index contributed by atoms with van der Waals surface area (Å²) in [4.78, 5) is 14.2. The third kappa shape index (κ3) is 1.30. The number of halogens is 1. The number of benzene rings is 1. The summed E-state index contributed by atoms with van der Waals surface area (Å²) in [6.45, 7) is 0. The van der Waals surface area contributed by atoms with E-state index in [1.807, 2.05) is 0 Å². The van der Waals surface area contributed by atoms with Crippen molar-refractivity contribution in [1.82, 2.24) is 0 Å². The van der Waals surface area contributed by atoms with Crippen molar-refractivity contribution in [3.63, 3.8) is 0 Å². The van der Waals surface area contributed by atoms with E-state index in [4.69, 9.17) is 0 Å². The highest BCUT2D eigenvalue weighted by atomic mass is 19.1. The number of carbonyl (C=O) groups excluding carboxylic acids is 1. The summed E-state index contributed by atoms with van der Waals surface area (Å²) in [7, 11) is 0. The lowest BCUT2D eigenvalue weighted by Crippen LogP contribution is -1.99. The van der Waals surface area contributed by atoms with Gasteiger partial charge < -0.3 is 0 Å². The second kappa shape index (κ2) is 2.96. The summed E-state index contributed by atoms with van der Waals surface area (Å²) in [5, 5.41) is 0. The largest absolute Gasteiger partial charge is 0.233 e. The molecule has 64 valence electrons. The van der Waals surface area contributed by atoms with Crippen LogP contribution >= 0.6 is 0 Å². The van der Waals surface area contributed by atoms with E-state index < -0.39 is 5.97 Å². The highest BCUT2D eigenvalue weighted by molar-refractivity contribution is 6.04. The summed E-state index contributed by atoms with van der Waals surface area (Å²) < 4.78 is 12.8. The summed E-state index contributed by atoms with van der Waals surface area (Å²) in [6, 6.07) is 6.95. The lowest BCUT2D eigenvalue weighted by atomic mass is 10.0. The van der Waals surface area contributed by atoms with Crippen molar-refractivity contribution < 1.29 is 9.18 Å². The Kier molecular flexibility index (Phi) is 1.80. The number of nitrogens with zero attached hydrogens (tertiary/aromatic N) is 1. The van der Waals surface area contributed by atoms with Crippen molar-refractivity contribution in [2.24, 2.45) is 4.99 Å². The molecule has 0 saturated heterocycles. The van der Waals surface area contributed by atoms with Gasteiger partial charge in [0.2, 0.25) is 0 Å². The molecule has 0 spiro atoms. The van der Waals surface area contributed by atoms with Crippen LogP contribution in [0.4, 0.5) is 10.1 Å². The molecule has 1 aliphatic rings. The second-order valence-corrected chi connectivity index (χ2v) is 2.76. The normalized spacial score (nSPS) is 14.5. The van der Waals surface area contributed by atoms with Crippen LogP contribution in [0, 0.1) is 0 Å². The molecule has 1 aliphatic heterocycles. The van der Waals surface area contributed by atoms with Gasteiger partial charge in [-0.2, -0.15) is 4.39 Å². The molecule has 2 rings (SSSR count). The minimum Gasteiger partial charge on any atom is -0.233 e. The minimum atomic E-state index is -0.531. The summed E-state index contributed by atoms with van der Waals surface area (Å²) >= 11 is 0. The van der Waals surface area contributed by atoms with Crippen molar-refractivity contribution in [3.05, 3.63) is 29.8 Å². The Morgan fingerprint density at radius 3 is 2.92 bits per heavy atom. The average Bonchev–Trinajstić information content (AvgIpc) is 2.16. The maximum Gasteiger partial charge on any atom is 0.194 e. The van der Waals surface area contributed by atoms with E-state index in [0.717, 1.165) is 0 Å². The van der Waals surface area contributed by atoms with Crippen LogP contribution < -0.4 is 0 Å². The number of hydrogen-bond donors (Lipinski definition) is 0. The van der Waals surface area contributed by atoms with Crippen LogP contribution in [-0.2, 0) is 4.79 Å². The third-order valence-electron chi connectivity index (χ3n) is 1.92. The number of aliphatic imine (C=N–C) groups is 1. The molecule has 3 heteroatoms. The Bertz CT molecular complexity index is 430. The third-order valence-corrected chi connectivity index (χ3v) is 1.92. The van der Waals surface area contributed by atoms with Crippen LogP contribution in [0.3, 0.4) is 0 Å². The van der Waals surface area contributed by atoms with Gasteiger partial charge in [-0.25, -0.2) is 9.79 Å². The Labute approximate surface area is 74.4 Å². The molecule has 0 bridgehead atoms. The maximum absolute atomic E-state index is 12.8. The van der Waals surface area contributed by atoms with Crippen LogP contribution in [-0.4, -0.2) is 11.9 Å². The predicted octanol–water partition coefficient (Wildman–Crippen LogP) is 2.30. The van der Waals surface area contributed by atoms with Gasteiger partial charge in [0.25, 0.3) is 0 Å². The van der Waals surface area contributed by atoms with Crippen molar-refractivity contribution in [2.75, 3.05) is 0 Å². The van der Waals surface area contributed by atoms with Crippen molar-refractivity contribution in [1.29, 1.82) is 0 Å². The van der Waals surface area contributed by atoms with Gasteiger partial charge >= 0.3 is 0 Å². The van der Waals surface area contributed by atoms with E-state index in [0.29, 0.717) is 16.8 Å². The Morgan fingerprint density at radius 2 is 2.15 bits per heavy atom. The van der Waals surface area contributed by atoms with Crippen LogP contribution in [0.1, 0.15) is 12.0 Å². The molecule has 0 aliphatic carbocycles. The highest BCUT2D eigenvalue weighted by Gasteiger charge is 2.16. The second-order valence-electron chi connectivity index (χ2n) is 2.76. The molecule has 1 aromatic rings. The van der Waals surface area contributed by atoms with E-state index in [-0.39, 0.29) is 6.42 Å². The fourth-order valence-electron chi connectivity index (χ4n) is 1.33. The topological polar surface area (TPSA) is 29.4 Å². The van der Waals surface area contributed by atoms with Gasteiger partial charge in [0, 0.05) is 5.56 Å². The summed E-state index contributed by atoms with van der Waals surface area (Å²) in [5.41, 5.74) is 1.52. The first-order valence-corrected chi connectivity index (χ1v) is 3.87. The SMILES string of the molecule is O=C=C1CC(F)=Nc2ccccc21. The average molecular weight is 175 g/mol. The molecular weight excluding hydrogens is 169 g/mol. The molecule has 0 unspecified atom stereocenters. The summed E-state index contributed by atoms with van der Waals surface area (Å²) in [6.07, 6.45) is -0.0412. The van der Waals surface area contributed by atoms with E-state index in [9.17, 15) is 9.18 Å². The molecule has 1 heterocycles. The molecule has 2 nitrogen and oxygen atoms in total. The molecule has 0 radical (unpaired) electrons. The van der Waals surface area contributed by atoms with Gasteiger partial charge in [-0.15, -0.1) is 0 Å². The van der Waals surface area contributed by atoms with E-state index in [2.05, 4.69) is 4.99 Å². The standard InChI is InChI=1S/C10H6FNO/c11-10-5-7(6-13)8-3-1-2-4-9(8)12-10/h1-4H,5H2. The molecule has 0 aromatic heterocycles. The zero-order valence-electron chi connectivity index (χ0n) is 6.75. The summed E-state index contributed by atoms with van der Waals surface area (Å²) in [5.74, 6) is 1.21. The number of allylic oxidation sites excluding steroid dienone is 1. The molecule has 1 aromatic carbocycles. The quantitative estimate of drug-likeness (QED) is 0.556. The number of fused-ring (bicyclic) bond motifs is 1. The maximum atomic E-state index is 12.8. The number of hydrogen-bond acceptors (Lipinski definition) is 2. The molecule has 0 atom stereocenters. The van der Waals surface area contributed by atoms with Gasteiger partial charge in [-0.05, 0) is 6.07 Å². The van der Waals surface area contributed by atoms with Crippen LogP contribution in [0.25, 0.3) is 5.57 Å². The smallest absolute Gasteiger partial charge is 0.194 e. The van der Waals surface area contributed by atoms with Gasteiger partial charge in [0.15, 0.2) is 5.97 Å². The van der Waals surface area contributed by atoms with Crippen molar-refractivity contribution >= 4 is 23.2 Å². The molecule has 0 amide bonds. The Balaban J connectivity index is 2.68. The lowest BCUT2D eigenvalue weighted by molar-refractivity contribution is 0.569. The van der Waals surface area contributed by atoms with Gasteiger partial charge in [-0.1, -0.05) is 18.2 Å². The Morgan fingerprint density at radius 1 is 1.38 bits per heavy atom. The van der Waals surface area contributed by atoms with Crippen molar-refractivity contribution in [3.8, 4) is 0 Å². The van der Waals surface area contributed by atoms with Gasteiger partial charge in [0.05, 0.1) is 17.7 Å². The molecule has 13 heavy (non-hydrogen) atoms. The fourth-order valence-corrected chi connectivity index (χ4v) is 1.33. The minimum absolute atomic E-state index is 0.0412. The molecule has 0 fully saturated rings. The molecule has 0 saturated carbocycles. The monoisotopic (exact) mass is 175 g/mol. The Hall–Kier alpha value is -1.73. The first-order chi connectivity index (χ1) is 6.31. The van der Waals surface area contributed by atoms with Gasteiger partial charge in [0.1, 0.15) is 5.94 Å². The van der Waals surface area contributed by atoms with E-state index >= 15 is 0 Å². The van der Waals surface area contributed by atoms with Crippen LogP contribution in [0.2, 0.25) is 0 Å².